The number of amides is 2. The number of thioether (sulfide) groups is 1. The Hall–Kier alpha value is -2.77. The second-order valence-corrected chi connectivity index (χ2v) is 25.7. The number of carbonyl (C=O) groups is 4. The van der Waals surface area contributed by atoms with Crippen LogP contribution in [-0.2, 0) is 55.5 Å². The maximum atomic E-state index is 12.7. The molecule has 1 saturated heterocycles. The molecule has 25 nitrogen and oxygen atoms in total. The van der Waals surface area contributed by atoms with E-state index in [0.29, 0.717) is 6.42 Å². The lowest BCUT2D eigenvalue weighted by Crippen LogP contribution is -2.46. The number of nitrogen functional groups attached to an aromatic ring is 1. The fraction of sp³-hybridized carbons (Fsp3) is 0.816. The first-order chi connectivity index (χ1) is 36.9. The summed E-state index contributed by atoms with van der Waals surface area (Å²) in [5.41, 5.74) is 4.06. The van der Waals surface area contributed by atoms with Gasteiger partial charge in [-0.15, -0.1) is 0 Å². The number of hydrogen-bond acceptors (Lipinski definition) is 23. The van der Waals surface area contributed by atoms with E-state index in [1.807, 2.05) is 0 Å². The van der Waals surface area contributed by atoms with Gasteiger partial charge in [-0.25, -0.2) is 19.3 Å². The van der Waals surface area contributed by atoms with Crippen molar-refractivity contribution in [2.45, 2.75) is 218 Å². The summed E-state index contributed by atoms with van der Waals surface area (Å²) in [6.45, 7) is 2.22. The van der Waals surface area contributed by atoms with Crippen molar-refractivity contribution in [3.63, 3.8) is 0 Å². The van der Waals surface area contributed by atoms with Crippen LogP contribution in [0.5, 0.6) is 0 Å². The SMILES string of the molecule is CCCCCCCCCCCCCCCCCCCCCCCCCC(=O)CC(=O)SCCNC(=O)CCNC(=O)[C@H](O)C(C)(C)COP(=O)([O-])OP(=O)([O-])OC[C@H]1O[C@@H](n2cnc3c(N)ncnc32)[C@H](O)[C@@H]1OP(=O)([O-])[O-]. The summed E-state index contributed by atoms with van der Waals surface area (Å²) < 4.78 is 60.9. The number of phosphoric ester groups is 3. The second kappa shape index (κ2) is 36.6. The Morgan fingerprint density at radius 2 is 1.29 bits per heavy atom. The predicted octanol–water partition coefficient (Wildman–Crippen LogP) is 5.48. The highest BCUT2D eigenvalue weighted by atomic mass is 32.2. The van der Waals surface area contributed by atoms with E-state index >= 15 is 0 Å². The lowest BCUT2D eigenvalue weighted by molar-refractivity contribution is -0.347. The average molecular weight is 1180 g/mol. The van der Waals surface area contributed by atoms with Crippen molar-refractivity contribution in [2.24, 2.45) is 5.41 Å². The smallest absolute Gasteiger partial charge is 0.274 e. The number of anilines is 1. The van der Waals surface area contributed by atoms with Crippen molar-refractivity contribution >= 4 is 74.9 Å². The average Bonchev–Trinajstić information content (AvgIpc) is 4.01. The van der Waals surface area contributed by atoms with Gasteiger partial charge >= 0.3 is 0 Å². The third-order valence-corrected chi connectivity index (χ3v) is 17.0. The monoisotopic (exact) mass is 1180 g/mol. The maximum Gasteiger partial charge on any atom is 0.274 e. The van der Waals surface area contributed by atoms with E-state index in [1.165, 1.54) is 136 Å². The Bertz CT molecular complexity index is 2260. The molecule has 0 bridgehead atoms. The topological polar surface area (TPSA) is 392 Å². The van der Waals surface area contributed by atoms with Crippen LogP contribution in [0.15, 0.2) is 12.7 Å². The quantitative estimate of drug-likeness (QED) is 0.0311. The van der Waals surface area contributed by atoms with Crippen LogP contribution in [0.4, 0.5) is 5.82 Å². The van der Waals surface area contributed by atoms with Crippen molar-refractivity contribution in [3.8, 4) is 0 Å². The van der Waals surface area contributed by atoms with Gasteiger partial charge in [0.25, 0.3) is 15.6 Å². The first-order valence-electron chi connectivity index (χ1n) is 27.4. The molecule has 0 aromatic carbocycles. The molecule has 29 heteroatoms. The first kappa shape index (κ1) is 69.5. The highest BCUT2D eigenvalue weighted by Crippen LogP contribution is 2.56. The predicted molar refractivity (Wildman–Crippen MR) is 284 cm³/mol. The third-order valence-electron chi connectivity index (χ3n) is 13.1. The van der Waals surface area contributed by atoms with Gasteiger partial charge in [0.2, 0.25) is 11.8 Å². The zero-order valence-corrected chi connectivity index (χ0v) is 49.0. The van der Waals surface area contributed by atoms with Gasteiger partial charge in [0.15, 0.2) is 22.8 Å². The zero-order chi connectivity index (χ0) is 57.6. The molecule has 0 aliphatic carbocycles. The molecular weight excluding hydrogens is 1100 g/mol. The van der Waals surface area contributed by atoms with Crippen LogP contribution in [0.2, 0.25) is 0 Å². The number of imidazole rings is 1. The van der Waals surface area contributed by atoms with Gasteiger partial charge in [-0.05, 0) is 6.42 Å². The van der Waals surface area contributed by atoms with Crippen LogP contribution in [0, 0.1) is 5.41 Å². The number of aliphatic hydroxyl groups is 2. The van der Waals surface area contributed by atoms with E-state index in [0.717, 1.165) is 54.7 Å². The van der Waals surface area contributed by atoms with Gasteiger partial charge in [-0.1, -0.05) is 174 Å². The number of carbonyl (C=O) groups excluding carboxylic acids is 4. The molecule has 2 aromatic rings. The highest BCUT2D eigenvalue weighted by Gasteiger charge is 2.47. The Labute approximate surface area is 462 Å². The molecule has 1 aliphatic rings. The first-order valence-corrected chi connectivity index (χ1v) is 32.8. The largest absolute Gasteiger partial charge is 0.790 e. The highest BCUT2D eigenvalue weighted by molar-refractivity contribution is 8.13. The van der Waals surface area contributed by atoms with Crippen LogP contribution in [0.3, 0.4) is 0 Å². The van der Waals surface area contributed by atoms with Gasteiger partial charge in [0, 0.05) is 37.1 Å². The molecule has 0 spiro atoms. The Morgan fingerprint density at radius 1 is 0.769 bits per heavy atom. The van der Waals surface area contributed by atoms with Gasteiger partial charge in [-0.3, -0.25) is 32.9 Å². The molecule has 78 heavy (non-hydrogen) atoms. The van der Waals surface area contributed by atoms with E-state index in [4.69, 9.17) is 10.5 Å². The number of unbranched alkanes of at least 4 members (excludes halogenated alkanes) is 22. The molecule has 1 aliphatic heterocycles. The van der Waals surface area contributed by atoms with Crippen molar-refractivity contribution < 1.29 is 85.3 Å². The van der Waals surface area contributed by atoms with E-state index in [1.54, 1.807) is 0 Å². The number of nitrogens with one attached hydrogen (secondary N) is 2. The fourth-order valence-corrected chi connectivity index (χ4v) is 12.1. The molecule has 1 fully saturated rings. The summed E-state index contributed by atoms with van der Waals surface area (Å²) in [4.78, 5) is 110. The van der Waals surface area contributed by atoms with Crippen molar-refractivity contribution in [2.75, 3.05) is 37.8 Å². The Balaban J connectivity index is 1.20. The molecule has 2 aromatic heterocycles. The summed E-state index contributed by atoms with van der Waals surface area (Å²) >= 11 is 0.935. The van der Waals surface area contributed by atoms with Crippen LogP contribution >= 0.6 is 35.2 Å². The summed E-state index contributed by atoms with van der Waals surface area (Å²) in [6, 6.07) is 0. The van der Waals surface area contributed by atoms with E-state index in [9.17, 15) is 62.7 Å². The molecular formula is C49H84N7O18P3S-4. The Kier molecular flexibility index (Phi) is 32.6. The fourth-order valence-electron chi connectivity index (χ4n) is 8.68. The standard InChI is InChI=1S/C49H88N7O18P3S/c1-4-5-6-7-8-9-10-11-12-13-14-15-16-17-18-19-20-21-22-23-24-25-26-27-37(57)32-40(59)78-31-30-51-39(58)28-29-52-47(62)44(61)49(2,3)34-71-77(68,69)74-76(66,67)70-33-38-43(73-75(63,64)65)42(60)48(72-38)56-36-55-41-45(50)53-35-54-46(41)56/h35-36,38,42-44,48,60-61H,4-34H2,1-3H3,(H,51,58)(H,52,62)(H,66,67)(H,68,69)(H2,50,53,54)(H2,63,64,65)/p-4/t38-,42-,43-,44+,48-/m1/s1. The normalized spacial score (nSPS) is 18.9. The number of Topliss-reactive ketones (excluding diaryl/α,β-unsaturated/α-hetero) is 1. The van der Waals surface area contributed by atoms with Crippen LogP contribution in [-0.4, -0.2) is 109 Å². The molecule has 2 unspecified atom stereocenters. The molecule has 3 heterocycles. The molecule has 0 saturated carbocycles. The van der Waals surface area contributed by atoms with Crippen LogP contribution < -0.4 is 35.9 Å². The molecule has 3 rings (SSSR count). The summed E-state index contributed by atoms with van der Waals surface area (Å²) in [5.74, 6) is -1.49. The van der Waals surface area contributed by atoms with E-state index in [-0.39, 0.29) is 59.6 Å². The number of fused-ring (bicyclic) bond motifs is 1. The van der Waals surface area contributed by atoms with Gasteiger partial charge in [-0.2, -0.15) is 0 Å². The zero-order valence-electron chi connectivity index (χ0n) is 45.5. The second-order valence-electron chi connectivity index (χ2n) is 20.4. The minimum Gasteiger partial charge on any atom is -0.790 e. The third kappa shape index (κ3) is 28.3. The summed E-state index contributed by atoms with van der Waals surface area (Å²) in [7, 11) is -17.7. The lowest BCUT2D eigenvalue weighted by Gasteiger charge is -2.36. The molecule has 0 radical (unpaired) electrons. The van der Waals surface area contributed by atoms with Crippen molar-refractivity contribution in [3.05, 3.63) is 12.7 Å². The van der Waals surface area contributed by atoms with Gasteiger partial charge in [0.05, 0.1) is 33.8 Å². The van der Waals surface area contributed by atoms with E-state index in [2.05, 4.69) is 50.4 Å². The molecule has 7 atom stereocenters. The number of nitrogens with two attached hydrogens (primary N) is 1. The lowest BCUT2D eigenvalue weighted by atomic mass is 9.87. The number of aromatic nitrogens is 4. The summed E-state index contributed by atoms with van der Waals surface area (Å²) in [6.07, 6.45) is 22.2. The van der Waals surface area contributed by atoms with Gasteiger partial charge < -0.3 is 69.0 Å². The van der Waals surface area contributed by atoms with Crippen LogP contribution in [0.25, 0.3) is 11.2 Å². The molecule has 6 N–H and O–H groups in total. The van der Waals surface area contributed by atoms with Crippen molar-refractivity contribution in [1.82, 2.24) is 30.2 Å². The molecule has 448 valence electrons. The van der Waals surface area contributed by atoms with Gasteiger partial charge in [0.1, 0.15) is 42.0 Å². The Morgan fingerprint density at radius 3 is 1.83 bits per heavy atom. The van der Waals surface area contributed by atoms with E-state index < -0.39 is 84.6 Å². The molecule has 2 amide bonds. The number of aliphatic hydroxyl groups excluding tert-OH is 2. The number of ketones is 1. The minimum absolute atomic E-state index is 0.0245. The maximum absolute atomic E-state index is 12.7. The van der Waals surface area contributed by atoms with Crippen LogP contribution in [0.1, 0.15) is 194 Å². The van der Waals surface area contributed by atoms with Crippen molar-refractivity contribution in [1.29, 1.82) is 0 Å². The summed E-state index contributed by atoms with van der Waals surface area (Å²) in [5, 5.41) is 26.1. The number of phosphoric acid groups is 3. The minimum atomic E-state index is -5.94. The number of rotatable bonds is 45. The number of hydrogen-bond donors (Lipinski definition) is 5. The number of ether oxygens (including phenoxy) is 1. The number of nitrogens with zero attached hydrogens (tertiary/aromatic N) is 4.